The Labute approximate surface area is 213 Å². The molecule has 8 atom stereocenters. The number of fused-ring (bicyclic) bond motifs is 5. The van der Waals surface area contributed by atoms with Gasteiger partial charge >= 0.3 is 0 Å². The molecule has 0 radical (unpaired) electrons. The molecular formula is C33H57N. The van der Waals surface area contributed by atoms with Crippen LogP contribution in [0.5, 0.6) is 0 Å². The average molecular weight is 468 g/mol. The van der Waals surface area contributed by atoms with Gasteiger partial charge in [-0.25, -0.2) is 0 Å². The fraction of sp³-hybridized carbons (Fsp3) is 0.879. The summed E-state index contributed by atoms with van der Waals surface area (Å²) < 4.78 is 0. The van der Waals surface area contributed by atoms with Crippen LogP contribution in [0.2, 0.25) is 0 Å². The van der Waals surface area contributed by atoms with Gasteiger partial charge in [0.25, 0.3) is 0 Å². The van der Waals surface area contributed by atoms with E-state index in [9.17, 15) is 0 Å². The Hall–Kier alpha value is -0.720. The van der Waals surface area contributed by atoms with Crippen molar-refractivity contribution >= 4 is 0 Å². The van der Waals surface area contributed by atoms with Crippen molar-refractivity contribution < 1.29 is 0 Å². The third-order valence-corrected chi connectivity index (χ3v) is 11.6. The van der Waals surface area contributed by atoms with Crippen LogP contribution in [0.3, 0.4) is 0 Å². The molecular weight excluding hydrogens is 410 g/mol. The summed E-state index contributed by atoms with van der Waals surface area (Å²) in [6.07, 6.45) is 21.0. The highest BCUT2D eigenvalue weighted by atomic mass is 14.9. The molecule has 1 N–H and O–H groups in total. The number of nitrogens with one attached hydrogen (secondary N) is 1. The van der Waals surface area contributed by atoms with Gasteiger partial charge in [0.2, 0.25) is 0 Å². The van der Waals surface area contributed by atoms with Gasteiger partial charge in [0, 0.05) is 12.2 Å². The van der Waals surface area contributed by atoms with Gasteiger partial charge < -0.3 is 5.32 Å². The first-order valence-corrected chi connectivity index (χ1v) is 15.3. The van der Waals surface area contributed by atoms with Gasteiger partial charge in [-0.2, -0.15) is 0 Å². The van der Waals surface area contributed by atoms with Crippen LogP contribution >= 0.6 is 0 Å². The van der Waals surface area contributed by atoms with Crippen LogP contribution in [0.25, 0.3) is 0 Å². The fourth-order valence-corrected chi connectivity index (χ4v) is 9.66. The van der Waals surface area contributed by atoms with Crippen molar-refractivity contribution in [3.05, 3.63) is 23.9 Å². The first-order chi connectivity index (χ1) is 16.2. The van der Waals surface area contributed by atoms with Crippen molar-refractivity contribution in [3.8, 4) is 0 Å². The van der Waals surface area contributed by atoms with E-state index in [1.165, 1.54) is 89.2 Å². The van der Waals surface area contributed by atoms with Gasteiger partial charge in [-0.15, -0.1) is 0 Å². The number of hydrogen-bond acceptors (Lipinski definition) is 1. The van der Waals surface area contributed by atoms with Crippen molar-refractivity contribution in [1.29, 1.82) is 0 Å². The molecule has 4 aliphatic carbocycles. The SMILES string of the molecule is C=C(CC1CCC2(C)C(=CCC3C2CCC2(C)C3CCC2[C@H](C)CCCC(C)C)C1)NCCC. The van der Waals surface area contributed by atoms with E-state index in [1.54, 1.807) is 0 Å². The third kappa shape index (κ3) is 5.06. The van der Waals surface area contributed by atoms with E-state index in [0.717, 1.165) is 48.0 Å². The van der Waals surface area contributed by atoms with Crippen LogP contribution in [0.15, 0.2) is 23.9 Å². The predicted octanol–water partition coefficient (Wildman–Crippen LogP) is 9.55. The monoisotopic (exact) mass is 467 g/mol. The van der Waals surface area contributed by atoms with Crippen LogP contribution in [-0.2, 0) is 0 Å². The molecule has 0 heterocycles. The molecule has 34 heavy (non-hydrogen) atoms. The minimum atomic E-state index is 0.486. The lowest BCUT2D eigenvalue weighted by Gasteiger charge is -2.58. The maximum Gasteiger partial charge on any atom is 0.0141 e. The van der Waals surface area contributed by atoms with E-state index in [1.807, 2.05) is 5.57 Å². The Kier molecular flexibility index (Phi) is 8.31. The van der Waals surface area contributed by atoms with Gasteiger partial charge in [0.1, 0.15) is 0 Å². The summed E-state index contributed by atoms with van der Waals surface area (Å²) in [6.45, 7) is 20.4. The lowest BCUT2D eigenvalue weighted by Crippen LogP contribution is -2.50. The zero-order valence-electron chi connectivity index (χ0n) is 23.7. The minimum absolute atomic E-state index is 0.486. The topological polar surface area (TPSA) is 12.0 Å². The Morgan fingerprint density at radius 3 is 2.59 bits per heavy atom. The summed E-state index contributed by atoms with van der Waals surface area (Å²) in [7, 11) is 0. The van der Waals surface area contributed by atoms with Gasteiger partial charge in [-0.1, -0.05) is 79.0 Å². The van der Waals surface area contributed by atoms with E-state index >= 15 is 0 Å². The highest BCUT2D eigenvalue weighted by Crippen LogP contribution is 2.67. The molecule has 0 saturated heterocycles. The molecule has 4 rings (SSSR count). The van der Waals surface area contributed by atoms with Gasteiger partial charge in [0.05, 0.1) is 0 Å². The largest absolute Gasteiger partial charge is 0.389 e. The minimum Gasteiger partial charge on any atom is -0.389 e. The maximum absolute atomic E-state index is 4.33. The van der Waals surface area contributed by atoms with E-state index in [-0.39, 0.29) is 0 Å². The van der Waals surface area contributed by atoms with Gasteiger partial charge in [-0.3, -0.25) is 0 Å². The zero-order valence-corrected chi connectivity index (χ0v) is 23.7. The molecule has 0 aromatic rings. The zero-order chi connectivity index (χ0) is 24.5. The molecule has 0 spiro atoms. The number of hydrogen-bond donors (Lipinski definition) is 1. The van der Waals surface area contributed by atoms with E-state index in [2.05, 4.69) is 59.5 Å². The van der Waals surface area contributed by atoms with Crippen molar-refractivity contribution in [2.24, 2.45) is 52.3 Å². The number of allylic oxidation sites excluding steroid dienone is 3. The van der Waals surface area contributed by atoms with Crippen molar-refractivity contribution in [2.75, 3.05) is 6.54 Å². The average Bonchev–Trinajstić information content (AvgIpc) is 3.15. The third-order valence-electron chi connectivity index (χ3n) is 11.6. The van der Waals surface area contributed by atoms with Gasteiger partial charge in [0.15, 0.2) is 0 Å². The highest BCUT2D eigenvalue weighted by Gasteiger charge is 2.59. The van der Waals surface area contributed by atoms with Crippen LogP contribution in [0, 0.1) is 52.3 Å². The van der Waals surface area contributed by atoms with Crippen LogP contribution in [-0.4, -0.2) is 6.54 Å². The molecule has 7 unspecified atom stereocenters. The molecule has 3 fully saturated rings. The lowest BCUT2D eigenvalue weighted by atomic mass is 9.46. The normalized spacial score (nSPS) is 40.2. The Morgan fingerprint density at radius 2 is 1.85 bits per heavy atom. The summed E-state index contributed by atoms with van der Waals surface area (Å²) in [5, 5.41) is 3.55. The summed E-state index contributed by atoms with van der Waals surface area (Å²) in [5.74, 6) is 6.44. The molecule has 1 heteroatoms. The molecule has 1 nitrogen and oxygen atoms in total. The quantitative estimate of drug-likeness (QED) is 0.315. The molecule has 0 bridgehead atoms. The molecule has 4 aliphatic rings. The van der Waals surface area contributed by atoms with E-state index in [0.29, 0.717) is 10.8 Å². The molecule has 0 aliphatic heterocycles. The maximum atomic E-state index is 4.33. The Bertz CT molecular complexity index is 733. The van der Waals surface area contributed by atoms with Crippen molar-refractivity contribution in [3.63, 3.8) is 0 Å². The van der Waals surface area contributed by atoms with Gasteiger partial charge in [-0.05, 0) is 116 Å². The molecule has 0 aromatic heterocycles. The van der Waals surface area contributed by atoms with E-state index < -0.39 is 0 Å². The second kappa shape index (κ2) is 10.7. The van der Waals surface area contributed by atoms with E-state index in [4.69, 9.17) is 0 Å². The Balaban J connectivity index is 1.41. The predicted molar refractivity (Wildman–Crippen MR) is 149 cm³/mol. The summed E-state index contributed by atoms with van der Waals surface area (Å²) in [4.78, 5) is 0. The molecule has 0 aromatic carbocycles. The fourth-order valence-electron chi connectivity index (χ4n) is 9.66. The van der Waals surface area contributed by atoms with Crippen LogP contribution in [0.1, 0.15) is 125 Å². The highest BCUT2D eigenvalue weighted by molar-refractivity contribution is 5.25. The molecule has 0 amide bonds. The number of rotatable bonds is 10. The lowest BCUT2D eigenvalue weighted by molar-refractivity contribution is -0.0527. The first kappa shape index (κ1) is 26.3. The van der Waals surface area contributed by atoms with Crippen LogP contribution in [0.4, 0.5) is 0 Å². The molecule has 3 saturated carbocycles. The second-order valence-corrected chi connectivity index (χ2v) is 14.1. The summed E-state index contributed by atoms with van der Waals surface area (Å²) in [5.41, 5.74) is 4.21. The standard InChI is InChI=1S/C33H57N/c1-8-20-34-25(5)21-26-16-18-32(6)27(22-26)12-13-28-30-15-14-29(24(4)11-9-10-23(2)3)33(30,7)19-17-31(28)32/h12,23-24,26,28-31,34H,5,8-11,13-22H2,1-4,6-7H3/t24-,26?,28?,29?,30?,31?,32?,33?/m1/s1. The van der Waals surface area contributed by atoms with Crippen molar-refractivity contribution in [1.82, 2.24) is 5.32 Å². The smallest absolute Gasteiger partial charge is 0.0141 e. The van der Waals surface area contributed by atoms with Crippen molar-refractivity contribution in [2.45, 2.75) is 125 Å². The first-order valence-electron chi connectivity index (χ1n) is 15.3. The summed E-state index contributed by atoms with van der Waals surface area (Å²) in [6, 6.07) is 0. The van der Waals surface area contributed by atoms with Crippen LogP contribution < -0.4 is 5.32 Å². The second-order valence-electron chi connectivity index (χ2n) is 14.1. The Morgan fingerprint density at radius 1 is 1.06 bits per heavy atom. The summed E-state index contributed by atoms with van der Waals surface area (Å²) >= 11 is 0. The molecule has 194 valence electrons.